The second kappa shape index (κ2) is 5.96. The molecule has 0 saturated carbocycles. The standard InChI is InChI=1S/C11H19N3O2/c1-2-15-8-4-6-10-13-11(14-16-10)9-5-3-7-12-9/h9,12H,2-8H2,1H3. The van der Waals surface area contributed by atoms with Gasteiger partial charge in [-0.1, -0.05) is 5.16 Å². The van der Waals surface area contributed by atoms with Crippen molar-refractivity contribution in [3.05, 3.63) is 11.7 Å². The summed E-state index contributed by atoms with van der Waals surface area (Å²) >= 11 is 0. The Balaban J connectivity index is 1.77. The molecule has 0 bridgehead atoms. The van der Waals surface area contributed by atoms with E-state index in [0.29, 0.717) is 6.04 Å². The lowest BCUT2D eigenvalue weighted by Crippen LogP contribution is -2.14. The molecule has 1 N–H and O–H groups in total. The van der Waals surface area contributed by atoms with E-state index in [9.17, 15) is 0 Å². The molecule has 90 valence electrons. The van der Waals surface area contributed by atoms with Gasteiger partial charge in [0.2, 0.25) is 5.89 Å². The molecule has 2 heterocycles. The van der Waals surface area contributed by atoms with Gasteiger partial charge < -0.3 is 14.6 Å². The summed E-state index contributed by atoms with van der Waals surface area (Å²) in [6.45, 7) is 4.58. The van der Waals surface area contributed by atoms with Crippen molar-refractivity contribution in [1.29, 1.82) is 0 Å². The molecule has 0 amide bonds. The molecule has 1 aliphatic heterocycles. The number of aromatic nitrogens is 2. The fourth-order valence-corrected chi connectivity index (χ4v) is 1.89. The summed E-state index contributed by atoms with van der Waals surface area (Å²) in [7, 11) is 0. The highest BCUT2D eigenvalue weighted by molar-refractivity contribution is 4.96. The van der Waals surface area contributed by atoms with Crippen LogP contribution in [0.4, 0.5) is 0 Å². The van der Waals surface area contributed by atoms with E-state index in [2.05, 4.69) is 15.5 Å². The fraction of sp³-hybridized carbons (Fsp3) is 0.818. The third-order valence-corrected chi connectivity index (χ3v) is 2.74. The lowest BCUT2D eigenvalue weighted by atomic mass is 10.2. The topological polar surface area (TPSA) is 60.2 Å². The first-order valence-corrected chi connectivity index (χ1v) is 6.03. The number of ether oxygens (including phenoxy) is 1. The molecule has 0 aliphatic carbocycles. The van der Waals surface area contributed by atoms with E-state index in [1.54, 1.807) is 0 Å². The predicted octanol–water partition coefficient (Wildman–Crippen LogP) is 1.46. The van der Waals surface area contributed by atoms with Gasteiger partial charge in [0.15, 0.2) is 5.82 Å². The number of rotatable bonds is 6. The number of hydrogen-bond acceptors (Lipinski definition) is 5. The SMILES string of the molecule is CCOCCCc1nc(C2CCCN2)no1. The van der Waals surface area contributed by atoms with Gasteiger partial charge in [-0.15, -0.1) is 0 Å². The summed E-state index contributed by atoms with van der Waals surface area (Å²) < 4.78 is 10.5. The van der Waals surface area contributed by atoms with Crippen molar-refractivity contribution in [2.24, 2.45) is 0 Å². The van der Waals surface area contributed by atoms with Crippen LogP contribution >= 0.6 is 0 Å². The first-order valence-electron chi connectivity index (χ1n) is 6.03. The van der Waals surface area contributed by atoms with Crippen LogP contribution in [0.1, 0.15) is 43.9 Å². The highest BCUT2D eigenvalue weighted by atomic mass is 16.5. The molecule has 1 atom stereocenters. The minimum absolute atomic E-state index is 0.296. The van der Waals surface area contributed by atoms with Crippen molar-refractivity contribution in [2.45, 2.75) is 38.6 Å². The van der Waals surface area contributed by atoms with Crippen molar-refractivity contribution in [1.82, 2.24) is 15.5 Å². The molecule has 0 spiro atoms. The van der Waals surface area contributed by atoms with Crippen molar-refractivity contribution in [3.63, 3.8) is 0 Å². The van der Waals surface area contributed by atoms with Crippen LogP contribution in [-0.2, 0) is 11.2 Å². The number of hydrogen-bond donors (Lipinski definition) is 1. The van der Waals surface area contributed by atoms with Crippen molar-refractivity contribution < 1.29 is 9.26 Å². The van der Waals surface area contributed by atoms with E-state index in [4.69, 9.17) is 9.26 Å². The molecule has 1 aromatic heterocycles. The van der Waals surface area contributed by atoms with Gasteiger partial charge in [0.25, 0.3) is 0 Å². The van der Waals surface area contributed by atoms with Gasteiger partial charge in [-0.2, -0.15) is 4.98 Å². The zero-order valence-electron chi connectivity index (χ0n) is 9.74. The van der Waals surface area contributed by atoms with Crippen molar-refractivity contribution in [2.75, 3.05) is 19.8 Å². The average Bonchev–Trinajstić information content (AvgIpc) is 2.94. The molecule has 5 heteroatoms. The molecule has 1 aliphatic rings. The van der Waals surface area contributed by atoms with E-state index < -0.39 is 0 Å². The maximum Gasteiger partial charge on any atom is 0.226 e. The minimum Gasteiger partial charge on any atom is -0.382 e. The average molecular weight is 225 g/mol. The third kappa shape index (κ3) is 3.02. The molecular formula is C11H19N3O2. The summed E-state index contributed by atoms with van der Waals surface area (Å²) in [6.07, 6.45) is 4.05. The minimum atomic E-state index is 0.296. The monoisotopic (exact) mass is 225 g/mol. The Kier molecular flexibility index (Phi) is 4.30. The Morgan fingerprint density at radius 1 is 1.56 bits per heavy atom. The summed E-state index contributed by atoms with van der Waals surface area (Å²) in [5.41, 5.74) is 0. The van der Waals surface area contributed by atoms with Crippen LogP contribution < -0.4 is 5.32 Å². The quantitative estimate of drug-likeness (QED) is 0.743. The van der Waals surface area contributed by atoms with Crippen LogP contribution in [-0.4, -0.2) is 29.9 Å². The fourth-order valence-electron chi connectivity index (χ4n) is 1.89. The zero-order chi connectivity index (χ0) is 11.2. The van der Waals surface area contributed by atoms with Gasteiger partial charge >= 0.3 is 0 Å². The number of nitrogens with one attached hydrogen (secondary N) is 1. The summed E-state index contributed by atoms with van der Waals surface area (Å²) in [4.78, 5) is 4.39. The van der Waals surface area contributed by atoms with E-state index >= 15 is 0 Å². The highest BCUT2D eigenvalue weighted by Crippen LogP contribution is 2.20. The first kappa shape index (κ1) is 11.5. The van der Waals surface area contributed by atoms with E-state index in [1.165, 1.54) is 6.42 Å². The van der Waals surface area contributed by atoms with Crippen LogP contribution in [0.5, 0.6) is 0 Å². The molecule has 1 unspecified atom stereocenters. The lowest BCUT2D eigenvalue weighted by Gasteiger charge is -2.01. The Bertz CT molecular complexity index is 308. The molecule has 5 nitrogen and oxygen atoms in total. The summed E-state index contributed by atoms with van der Waals surface area (Å²) in [6, 6.07) is 0.296. The Morgan fingerprint density at radius 2 is 2.50 bits per heavy atom. The third-order valence-electron chi connectivity index (χ3n) is 2.74. The van der Waals surface area contributed by atoms with Crippen molar-refractivity contribution >= 4 is 0 Å². The van der Waals surface area contributed by atoms with Gasteiger partial charge in [-0.25, -0.2) is 0 Å². The maximum absolute atomic E-state index is 5.26. The number of aryl methyl sites for hydroxylation is 1. The zero-order valence-corrected chi connectivity index (χ0v) is 9.74. The molecule has 1 aromatic rings. The number of nitrogens with zero attached hydrogens (tertiary/aromatic N) is 2. The second-order valence-electron chi connectivity index (χ2n) is 4.00. The predicted molar refractivity (Wildman–Crippen MR) is 59.1 cm³/mol. The Morgan fingerprint density at radius 3 is 3.25 bits per heavy atom. The second-order valence-corrected chi connectivity index (χ2v) is 4.00. The molecule has 1 saturated heterocycles. The van der Waals surface area contributed by atoms with Crippen molar-refractivity contribution in [3.8, 4) is 0 Å². The van der Waals surface area contributed by atoms with E-state index in [1.807, 2.05) is 6.92 Å². The van der Waals surface area contributed by atoms with E-state index in [0.717, 1.165) is 50.7 Å². The van der Waals surface area contributed by atoms with Gasteiger partial charge in [0, 0.05) is 19.6 Å². The molecule has 0 radical (unpaired) electrons. The molecular weight excluding hydrogens is 206 g/mol. The molecule has 2 rings (SSSR count). The maximum atomic E-state index is 5.26. The lowest BCUT2D eigenvalue weighted by molar-refractivity contribution is 0.143. The van der Waals surface area contributed by atoms with Gasteiger partial charge in [-0.3, -0.25) is 0 Å². The molecule has 0 aromatic carbocycles. The van der Waals surface area contributed by atoms with Crippen LogP contribution in [0.2, 0.25) is 0 Å². The molecule has 1 fully saturated rings. The van der Waals surface area contributed by atoms with Gasteiger partial charge in [0.1, 0.15) is 0 Å². The van der Waals surface area contributed by atoms with Gasteiger partial charge in [0.05, 0.1) is 6.04 Å². The summed E-state index contributed by atoms with van der Waals surface area (Å²) in [5, 5.41) is 7.36. The smallest absolute Gasteiger partial charge is 0.226 e. The van der Waals surface area contributed by atoms with Crippen LogP contribution in [0.15, 0.2) is 4.52 Å². The van der Waals surface area contributed by atoms with E-state index in [-0.39, 0.29) is 0 Å². The van der Waals surface area contributed by atoms with Gasteiger partial charge in [-0.05, 0) is 32.7 Å². The first-order chi connectivity index (χ1) is 7.90. The van der Waals surface area contributed by atoms with Crippen LogP contribution in [0.3, 0.4) is 0 Å². The highest BCUT2D eigenvalue weighted by Gasteiger charge is 2.21. The largest absolute Gasteiger partial charge is 0.382 e. The normalized spacial score (nSPS) is 20.4. The Labute approximate surface area is 95.6 Å². The van der Waals surface area contributed by atoms with Crippen LogP contribution in [0.25, 0.3) is 0 Å². The molecule has 16 heavy (non-hydrogen) atoms. The summed E-state index contributed by atoms with van der Waals surface area (Å²) in [5.74, 6) is 1.53. The Hall–Kier alpha value is -0.940. The van der Waals surface area contributed by atoms with Crippen LogP contribution in [0, 0.1) is 0 Å².